The fourth-order valence-electron chi connectivity index (χ4n) is 2.52. The Kier molecular flexibility index (Phi) is 9.48. The van der Waals surface area contributed by atoms with Crippen LogP contribution >= 0.6 is 15.9 Å². The minimum atomic E-state index is -1.54. The number of hydrogen-bond acceptors (Lipinski definition) is 5. The van der Waals surface area contributed by atoms with Crippen LogP contribution in [-0.2, 0) is 15.8 Å². The quantitative estimate of drug-likeness (QED) is 0.242. The van der Waals surface area contributed by atoms with Crippen molar-refractivity contribution in [1.82, 2.24) is 10.3 Å². The van der Waals surface area contributed by atoms with Gasteiger partial charge in [-0.25, -0.2) is 4.21 Å². The second-order valence-electron chi connectivity index (χ2n) is 6.46. The predicted molar refractivity (Wildman–Crippen MR) is 130 cm³/mol. The molecule has 0 fully saturated rings. The maximum absolute atomic E-state index is 12.7. The predicted octanol–water partition coefficient (Wildman–Crippen LogP) is 4.20. The van der Waals surface area contributed by atoms with Gasteiger partial charge in [-0.1, -0.05) is 40.7 Å². The van der Waals surface area contributed by atoms with Gasteiger partial charge in [0, 0.05) is 23.1 Å². The SMILES string of the molecule is C=C/C(=C\C(=C)C)C(=O)NCCNc1cncc(NS(=O)c2cc(Br)ccc2OC)c1. The third-order valence-electron chi connectivity index (χ3n) is 3.90. The van der Waals surface area contributed by atoms with Gasteiger partial charge in [0.25, 0.3) is 5.91 Å². The van der Waals surface area contributed by atoms with E-state index < -0.39 is 11.0 Å². The third-order valence-corrected chi connectivity index (χ3v) is 5.53. The summed E-state index contributed by atoms with van der Waals surface area (Å²) in [5.41, 5.74) is 2.54. The molecule has 0 aliphatic heterocycles. The van der Waals surface area contributed by atoms with Crippen LogP contribution in [0.4, 0.5) is 11.4 Å². The molecule has 2 aromatic rings. The van der Waals surface area contributed by atoms with Crippen LogP contribution in [0, 0.1) is 0 Å². The van der Waals surface area contributed by atoms with E-state index in [-0.39, 0.29) is 5.91 Å². The van der Waals surface area contributed by atoms with Crippen molar-refractivity contribution in [3.63, 3.8) is 0 Å². The van der Waals surface area contributed by atoms with Crippen molar-refractivity contribution in [2.24, 2.45) is 0 Å². The number of anilines is 2. The molecule has 1 heterocycles. The lowest BCUT2D eigenvalue weighted by Gasteiger charge is -2.12. The monoisotopic (exact) mass is 504 g/mol. The molecule has 9 heteroatoms. The van der Waals surface area contributed by atoms with Gasteiger partial charge in [-0.15, -0.1) is 0 Å². The lowest BCUT2D eigenvalue weighted by Crippen LogP contribution is -2.29. The second-order valence-corrected chi connectivity index (χ2v) is 8.56. The van der Waals surface area contributed by atoms with E-state index in [9.17, 15) is 9.00 Å². The van der Waals surface area contributed by atoms with E-state index in [1.807, 2.05) is 13.0 Å². The zero-order chi connectivity index (χ0) is 22.8. The van der Waals surface area contributed by atoms with Crippen molar-refractivity contribution >= 4 is 44.2 Å². The van der Waals surface area contributed by atoms with Gasteiger partial charge >= 0.3 is 0 Å². The van der Waals surface area contributed by atoms with Gasteiger partial charge in [0.2, 0.25) is 0 Å². The number of hydrogen-bond donors (Lipinski definition) is 3. The summed E-state index contributed by atoms with van der Waals surface area (Å²) >= 11 is 3.38. The first kappa shape index (κ1) is 24.4. The van der Waals surface area contributed by atoms with Crippen molar-refractivity contribution in [3.8, 4) is 5.75 Å². The Bertz CT molecular complexity index is 1020. The Morgan fingerprint density at radius 2 is 2.00 bits per heavy atom. The van der Waals surface area contributed by atoms with E-state index in [4.69, 9.17) is 4.74 Å². The van der Waals surface area contributed by atoms with Gasteiger partial charge in [-0.05, 0) is 37.3 Å². The van der Waals surface area contributed by atoms with Crippen LogP contribution in [0.25, 0.3) is 0 Å². The molecule has 1 aromatic carbocycles. The highest BCUT2D eigenvalue weighted by atomic mass is 79.9. The summed E-state index contributed by atoms with van der Waals surface area (Å²) in [7, 11) is -0.0130. The molecule has 0 saturated heterocycles. The molecule has 0 aliphatic rings. The molecule has 1 unspecified atom stereocenters. The summed E-state index contributed by atoms with van der Waals surface area (Å²) in [6, 6.07) is 7.08. The normalized spacial score (nSPS) is 11.9. The number of carbonyl (C=O) groups is 1. The van der Waals surface area contributed by atoms with Crippen molar-refractivity contribution in [1.29, 1.82) is 0 Å². The van der Waals surface area contributed by atoms with E-state index in [0.29, 0.717) is 35.0 Å². The van der Waals surface area contributed by atoms with Gasteiger partial charge in [0.15, 0.2) is 11.0 Å². The first-order valence-electron chi connectivity index (χ1n) is 9.32. The standard InChI is InChI=1S/C22H25BrN4O3S/c1-5-16(10-15(2)3)22(28)26-9-8-25-18-12-19(14-24-13-18)27-31(29)21-11-17(23)6-7-20(21)30-4/h5-7,10-14,25,27H,1-2,8-9H2,3-4H3,(H,26,28)/b16-10+. The maximum Gasteiger partial charge on any atom is 0.251 e. The number of rotatable bonds is 11. The van der Waals surface area contributed by atoms with E-state index in [2.05, 4.69) is 49.4 Å². The van der Waals surface area contributed by atoms with Gasteiger partial charge < -0.3 is 15.4 Å². The molecule has 0 spiro atoms. The van der Waals surface area contributed by atoms with Crippen LogP contribution in [0.3, 0.4) is 0 Å². The van der Waals surface area contributed by atoms with Gasteiger partial charge in [0.1, 0.15) is 10.6 Å². The zero-order valence-corrected chi connectivity index (χ0v) is 19.8. The molecular formula is C22H25BrN4O3S. The van der Waals surface area contributed by atoms with Crippen LogP contribution in [0.5, 0.6) is 5.75 Å². The summed E-state index contributed by atoms with van der Waals surface area (Å²) in [5.74, 6) is 0.304. The van der Waals surface area contributed by atoms with Gasteiger partial charge in [-0.3, -0.25) is 14.5 Å². The number of aromatic nitrogens is 1. The summed E-state index contributed by atoms with van der Waals surface area (Å²) in [5, 5.41) is 5.98. The Hall–Kier alpha value is -2.91. The minimum absolute atomic E-state index is 0.216. The van der Waals surface area contributed by atoms with Crippen LogP contribution in [-0.4, -0.2) is 35.3 Å². The number of nitrogens with zero attached hydrogens (tertiary/aromatic N) is 1. The number of nitrogens with one attached hydrogen (secondary N) is 3. The average molecular weight is 505 g/mol. The van der Waals surface area contributed by atoms with Crippen LogP contribution in [0.1, 0.15) is 6.92 Å². The molecule has 0 aliphatic carbocycles. The van der Waals surface area contributed by atoms with Gasteiger partial charge in [-0.2, -0.15) is 0 Å². The summed E-state index contributed by atoms with van der Waals surface area (Å²) in [4.78, 5) is 16.8. The van der Waals surface area contributed by atoms with Crippen LogP contribution < -0.4 is 20.1 Å². The summed E-state index contributed by atoms with van der Waals surface area (Å²) in [6.45, 7) is 10.1. The number of pyridine rings is 1. The van der Waals surface area contributed by atoms with E-state index in [1.165, 1.54) is 13.2 Å². The molecular weight excluding hydrogens is 480 g/mol. The maximum atomic E-state index is 12.7. The number of methoxy groups -OCH3 is 1. The van der Waals surface area contributed by atoms with Crippen LogP contribution in [0.15, 0.2) is 82.5 Å². The van der Waals surface area contributed by atoms with Crippen LogP contribution in [0.2, 0.25) is 0 Å². The number of amides is 1. The molecule has 164 valence electrons. The van der Waals surface area contributed by atoms with Crippen molar-refractivity contribution in [3.05, 3.63) is 77.6 Å². The number of ether oxygens (including phenoxy) is 1. The van der Waals surface area contributed by atoms with Crippen molar-refractivity contribution in [2.45, 2.75) is 11.8 Å². The summed E-state index contributed by atoms with van der Waals surface area (Å²) < 4.78 is 21.7. The fourth-order valence-corrected chi connectivity index (χ4v) is 4.03. The minimum Gasteiger partial charge on any atom is -0.495 e. The Labute approximate surface area is 193 Å². The highest BCUT2D eigenvalue weighted by Gasteiger charge is 2.12. The molecule has 7 nitrogen and oxygen atoms in total. The molecule has 0 radical (unpaired) electrons. The van der Waals surface area contributed by atoms with E-state index in [0.717, 1.165) is 15.7 Å². The highest BCUT2D eigenvalue weighted by molar-refractivity contribution is 9.10. The Morgan fingerprint density at radius 1 is 1.26 bits per heavy atom. The topological polar surface area (TPSA) is 92.4 Å². The fraction of sp³-hybridized carbons (Fsp3) is 0.182. The number of benzene rings is 1. The molecule has 1 amide bonds. The largest absolute Gasteiger partial charge is 0.495 e. The van der Waals surface area contributed by atoms with Crippen molar-refractivity contribution < 1.29 is 13.7 Å². The summed E-state index contributed by atoms with van der Waals surface area (Å²) in [6.07, 6.45) is 6.39. The first-order valence-corrected chi connectivity index (χ1v) is 11.3. The van der Waals surface area contributed by atoms with Crippen molar-refractivity contribution in [2.75, 3.05) is 30.2 Å². The first-order chi connectivity index (χ1) is 14.8. The lowest BCUT2D eigenvalue weighted by atomic mass is 10.1. The molecule has 0 saturated carbocycles. The molecule has 3 N–H and O–H groups in total. The molecule has 1 aromatic heterocycles. The average Bonchev–Trinajstić information content (AvgIpc) is 2.75. The Morgan fingerprint density at radius 3 is 2.68 bits per heavy atom. The van der Waals surface area contributed by atoms with E-state index in [1.54, 1.807) is 36.7 Å². The molecule has 0 bridgehead atoms. The molecule has 2 rings (SSSR count). The highest BCUT2D eigenvalue weighted by Crippen LogP contribution is 2.27. The zero-order valence-electron chi connectivity index (χ0n) is 17.4. The number of allylic oxidation sites excluding steroid dienone is 2. The second kappa shape index (κ2) is 12.1. The molecule has 31 heavy (non-hydrogen) atoms. The van der Waals surface area contributed by atoms with E-state index >= 15 is 0 Å². The lowest BCUT2D eigenvalue weighted by molar-refractivity contribution is -0.117. The smallest absolute Gasteiger partial charge is 0.251 e. The molecule has 1 atom stereocenters. The third kappa shape index (κ3) is 7.69. The number of halogens is 1. The number of carbonyl (C=O) groups excluding carboxylic acids is 1. The Balaban J connectivity index is 1.93. The van der Waals surface area contributed by atoms with Gasteiger partial charge in [0.05, 0.1) is 30.9 Å².